The van der Waals surface area contributed by atoms with Gasteiger partial charge in [0, 0.05) is 12.7 Å². The van der Waals surface area contributed by atoms with Crippen molar-refractivity contribution in [2.75, 3.05) is 25.0 Å². The minimum absolute atomic E-state index is 0.192. The van der Waals surface area contributed by atoms with Gasteiger partial charge in [-0.05, 0) is 49.7 Å². The van der Waals surface area contributed by atoms with Crippen molar-refractivity contribution in [1.82, 2.24) is 14.9 Å². The third-order valence-corrected chi connectivity index (χ3v) is 3.89. The van der Waals surface area contributed by atoms with Gasteiger partial charge < -0.3 is 5.32 Å². The first-order valence-corrected chi connectivity index (χ1v) is 7.32. The maximum Gasteiger partial charge on any atom is 0.129 e. The predicted molar refractivity (Wildman–Crippen MR) is 80.5 cm³/mol. The Kier molecular flexibility index (Phi) is 4.40. The van der Waals surface area contributed by atoms with Gasteiger partial charge in [-0.2, -0.15) is 0 Å². The average Bonchev–Trinajstić information content (AvgIpc) is 3.04. The first kappa shape index (κ1) is 13.9. The molecule has 1 N–H and O–H groups in total. The van der Waals surface area contributed by atoms with E-state index >= 15 is 0 Å². The Morgan fingerprint density at radius 2 is 1.90 bits per heavy atom. The van der Waals surface area contributed by atoms with Gasteiger partial charge in [-0.15, -0.1) is 0 Å². The number of rotatable bonds is 5. The van der Waals surface area contributed by atoms with Crippen LogP contribution in [0, 0.1) is 5.82 Å². The van der Waals surface area contributed by atoms with Crippen molar-refractivity contribution in [3.05, 3.63) is 54.2 Å². The number of likely N-dealkylation sites (tertiary alicyclic amines) is 1. The monoisotopic (exact) mass is 286 g/mol. The van der Waals surface area contributed by atoms with Crippen molar-refractivity contribution in [3.8, 4) is 0 Å². The Bertz CT molecular complexity index is 552. The van der Waals surface area contributed by atoms with Crippen LogP contribution in [0.3, 0.4) is 0 Å². The fourth-order valence-corrected chi connectivity index (χ4v) is 2.79. The van der Waals surface area contributed by atoms with Gasteiger partial charge in [-0.25, -0.2) is 14.4 Å². The zero-order valence-corrected chi connectivity index (χ0v) is 11.9. The zero-order valence-electron chi connectivity index (χ0n) is 11.9. The molecular weight excluding hydrogens is 267 g/mol. The third kappa shape index (κ3) is 3.55. The fraction of sp³-hybridized carbons (Fsp3) is 0.375. The van der Waals surface area contributed by atoms with Gasteiger partial charge in [0.2, 0.25) is 0 Å². The molecule has 3 rings (SSSR count). The first-order chi connectivity index (χ1) is 10.3. The van der Waals surface area contributed by atoms with E-state index in [2.05, 4.69) is 20.2 Å². The lowest BCUT2D eigenvalue weighted by Gasteiger charge is -2.28. The largest absolute Gasteiger partial charge is 0.368 e. The molecule has 1 saturated heterocycles. The van der Waals surface area contributed by atoms with Crippen molar-refractivity contribution in [2.24, 2.45) is 0 Å². The number of halogens is 1. The molecule has 1 aromatic carbocycles. The highest BCUT2D eigenvalue weighted by Gasteiger charge is 2.23. The number of aromatic nitrogens is 2. The smallest absolute Gasteiger partial charge is 0.129 e. The van der Waals surface area contributed by atoms with Crippen LogP contribution in [0.25, 0.3) is 0 Å². The summed E-state index contributed by atoms with van der Waals surface area (Å²) in [6.07, 6.45) is 5.71. The minimum Gasteiger partial charge on any atom is -0.368 e. The molecule has 1 aliphatic heterocycles. The van der Waals surface area contributed by atoms with Crippen LogP contribution in [0.1, 0.15) is 24.4 Å². The summed E-state index contributed by atoms with van der Waals surface area (Å²) in [7, 11) is 0. The van der Waals surface area contributed by atoms with E-state index in [-0.39, 0.29) is 11.9 Å². The maximum absolute atomic E-state index is 13.1. The predicted octanol–water partition coefficient (Wildman–Crippen LogP) is 2.86. The van der Waals surface area contributed by atoms with Crippen LogP contribution in [0.15, 0.2) is 42.9 Å². The maximum atomic E-state index is 13.1. The molecule has 0 amide bonds. The van der Waals surface area contributed by atoms with Crippen LogP contribution in [0.2, 0.25) is 0 Å². The van der Waals surface area contributed by atoms with Crippen LogP contribution in [0.4, 0.5) is 10.2 Å². The number of nitrogens with one attached hydrogen (secondary N) is 1. The Hall–Kier alpha value is -2.01. The van der Waals surface area contributed by atoms with Gasteiger partial charge >= 0.3 is 0 Å². The van der Waals surface area contributed by atoms with E-state index < -0.39 is 0 Å². The van der Waals surface area contributed by atoms with Gasteiger partial charge in [-0.1, -0.05) is 12.1 Å². The molecule has 0 radical (unpaired) electrons. The lowest BCUT2D eigenvalue weighted by atomic mass is 10.1. The summed E-state index contributed by atoms with van der Waals surface area (Å²) in [6, 6.07) is 8.90. The molecule has 110 valence electrons. The molecule has 21 heavy (non-hydrogen) atoms. The normalized spacial score (nSPS) is 16.8. The van der Waals surface area contributed by atoms with Gasteiger partial charge in [0.15, 0.2) is 0 Å². The lowest BCUT2D eigenvalue weighted by Crippen LogP contribution is -2.31. The molecule has 0 aliphatic carbocycles. The van der Waals surface area contributed by atoms with Gasteiger partial charge in [0.05, 0.1) is 6.04 Å². The molecule has 1 aromatic heterocycles. The quantitative estimate of drug-likeness (QED) is 0.917. The first-order valence-electron chi connectivity index (χ1n) is 7.32. The number of benzene rings is 1. The van der Waals surface area contributed by atoms with E-state index in [0.29, 0.717) is 0 Å². The number of hydrogen-bond acceptors (Lipinski definition) is 4. The standard InChI is InChI=1S/C16H19FN4/c17-14-5-3-13(4-6-14)15(21-9-1-2-10-21)11-19-16-7-8-18-12-20-16/h3-8,12,15H,1-2,9-11H2,(H,18,19,20)/t15-/m1/s1. The highest BCUT2D eigenvalue weighted by atomic mass is 19.1. The summed E-state index contributed by atoms with van der Waals surface area (Å²) in [5, 5.41) is 3.35. The second-order valence-corrected chi connectivity index (χ2v) is 5.29. The van der Waals surface area contributed by atoms with Crippen molar-refractivity contribution >= 4 is 5.82 Å². The number of hydrogen-bond donors (Lipinski definition) is 1. The summed E-state index contributed by atoms with van der Waals surface area (Å²) >= 11 is 0. The summed E-state index contributed by atoms with van der Waals surface area (Å²) in [6.45, 7) is 2.93. The Morgan fingerprint density at radius 3 is 2.57 bits per heavy atom. The zero-order chi connectivity index (χ0) is 14.5. The van der Waals surface area contributed by atoms with Crippen molar-refractivity contribution in [2.45, 2.75) is 18.9 Å². The van der Waals surface area contributed by atoms with Crippen molar-refractivity contribution in [1.29, 1.82) is 0 Å². The third-order valence-electron chi connectivity index (χ3n) is 3.89. The highest BCUT2D eigenvalue weighted by molar-refractivity contribution is 5.33. The second kappa shape index (κ2) is 6.63. The Labute approximate surface area is 124 Å². The van der Waals surface area contributed by atoms with Crippen LogP contribution >= 0.6 is 0 Å². The van der Waals surface area contributed by atoms with E-state index in [1.165, 1.54) is 31.3 Å². The Morgan fingerprint density at radius 1 is 1.14 bits per heavy atom. The summed E-state index contributed by atoms with van der Waals surface area (Å²) < 4.78 is 13.1. The fourth-order valence-electron chi connectivity index (χ4n) is 2.79. The van der Waals surface area contributed by atoms with Crippen LogP contribution in [-0.4, -0.2) is 34.5 Å². The molecular formula is C16H19FN4. The van der Waals surface area contributed by atoms with Crippen molar-refractivity contribution in [3.63, 3.8) is 0 Å². The molecule has 1 atom stereocenters. The second-order valence-electron chi connectivity index (χ2n) is 5.29. The van der Waals surface area contributed by atoms with Gasteiger partial charge in [0.25, 0.3) is 0 Å². The molecule has 0 unspecified atom stereocenters. The summed E-state index contributed by atoms with van der Waals surface area (Å²) in [5.41, 5.74) is 1.14. The van der Waals surface area contributed by atoms with E-state index in [0.717, 1.165) is 31.0 Å². The van der Waals surface area contributed by atoms with E-state index in [9.17, 15) is 4.39 Å². The molecule has 1 fully saturated rings. The van der Waals surface area contributed by atoms with Gasteiger partial charge in [-0.3, -0.25) is 4.90 Å². The summed E-state index contributed by atoms with van der Waals surface area (Å²) in [4.78, 5) is 10.5. The molecule has 0 spiro atoms. The molecule has 1 aliphatic rings. The SMILES string of the molecule is Fc1ccc([C@@H](CNc2ccncn2)N2CCCC2)cc1. The van der Waals surface area contributed by atoms with E-state index in [1.807, 2.05) is 18.2 Å². The molecule has 0 saturated carbocycles. The molecule has 2 aromatic rings. The van der Waals surface area contributed by atoms with Gasteiger partial charge in [0.1, 0.15) is 18.0 Å². The average molecular weight is 286 g/mol. The minimum atomic E-state index is -0.192. The van der Waals surface area contributed by atoms with Crippen LogP contribution in [0.5, 0.6) is 0 Å². The molecule has 0 bridgehead atoms. The topological polar surface area (TPSA) is 41.1 Å². The molecule has 5 heteroatoms. The van der Waals surface area contributed by atoms with E-state index in [4.69, 9.17) is 0 Å². The van der Waals surface area contributed by atoms with Crippen molar-refractivity contribution < 1.29 is 4.39 Å². The number of nitrogens with zero attached hydrogens (tertiary/aromatic N) is 3. The lowest BCUT2D eigenvalue weighted by molar-refractivity contribution is 0.255. The molecule has 2 heterocycles. The Balaban J connectivity index is 1.74. The number of anilines is 1. The highest BCUT2D eigenvalue weighted by Crippen LogP contribution is 2.25. The van der Waals surface area contributed by atoms with Crippen LogP contribution < -0.4 is 5.32 Å². The summed E-state index contributed by atoms with van der Waals surface area (Å²) in [5.74, 6) is 0.624. The molecule has 4 nitrogen and oxygen atoms in total. The van der Waals surface area contributed by atoms with E-state index in [1.54, 1.807) is 6.20 Å². The van der Waals surface area contributed by atoms with Crippen LogP contribution in [-0.2, 0) is 0 Å².